The first-order valence-corrected chi connectivity index (χ1v) is 8.36. The van der Waals surface area contributed by atoms with Crippen LogP contribution in [0.5, 0.6) is 0 Å². The summed E-state index contributed by atoms with van der Waals surface area (Å²) < 4.78 is 1.58. The summed E-state index contributed by atoms with van der Waals surface area (Å²) in [6.07, 6.45) is 5.32. The number of rotatable bonds is 5. The molecule has 2 aromatic rings. The molecular formula is C15H15Cl2N5O. The normalized spacial score (nSPS) is 18.7. The van der Waals surface area contributed by atoms with Gasteiger partial charge in [0.05, 0.1) is 10.0 Å². The largest absolute Gasteiger partial charge is 0.310 e. The number of nitrogens with zero attached hydrogens (tertiary/aromatic N) is 5. The molecule has 23 heavy (non-hydrogen) atoms. The van der Waals surface area contributed by atoms with Crippen LogP contribution < -0.4 is 4.90 Å². The minimum atomic E-state index is -0.648. The third-order valence-corrected chi connectivity index (χ3v) is 5.25. The number of anilines is 1. The lowest BCUT2D eigenvalue weighted by atomic mass is 10.1. The van der Waals surface area contributed by atoms with Crippen LogP contribution in [0.2, 0.25) is 10.0 Å². The molecule has 120 valence electrons. The van der Waals surface area contributed by atoms with Crippen LogP contribution in [0.15, 0.2) is 24.5 Å². The van der Waals surface area contributed by atoms with Gasteiger partial charge in [0, 0.05) is 12.2 Å². The Kier molecular flexibility index (Phi) is 3.54. The van der Waals surface area contributed by atoms with Crippen molar-refractivity contribution < 1.29 is 4.79 Å². The molecule has 0 N–H and O–H groups in total. The molecule has 0 saturated heterocycles. The van der Waals surface area contributed by atoms with Crippen LogP contribution in [0, 0.1) is 5.92 Å². The summed E-state index contributed by atoms with van der Waals surface area (Å²) in [6, 6.07) is 5.31. The second-order valence-corrected chi connectivity index (χ2v) is 7.06. The van der Waals surface area contributed by atoms with Gasteiger partial charge in [-0.25, -0.2) is 4.68 Å². The van der Waals surface area contributed by atoms with Crippen LogP contribution in [0.4, 0.5) is 5.69 Å². The monoisotopic (exact) mass is 351 g/mol. The van der Waals surface area contributed by atoms with E-state index in [1.165, 1.54) is 6.33 Å². The van der Waals surface area contributed by atoms with Crippen molar-refractivity contribution in [3.8, 4) is 0 Å². The van der Waals surface area contributed by atoms with Gasteiger partial charge >= 0.3 is 0 Å². The molecule has 2 aliphatic rings. The molecule has 2 aliphatic carbocycles. The summed E-state index contributed by atoms with van der Waals surface area (Å²) >= 11 is 12.1. The van der Waals surface area contributed by atoms with E-state index in [9.17, 15) is 4.79 Å². The second-order valence-electron chi connectivity index (χ2n) is 6.24. The Morgan fingerprint density at radius 1 is 1.30 bits per heavy atom. The molecule has 0 radical (unpaired) electrons. The smallest absolute Gasteiger partial charge is 0.255 e. The van der Waals surface area contributed by atoms with Crippen molar-refractivity contribution in [2.24, 2.45) is 5.92 Å². The van der Waals surface area contributed by atoms with Crippen molar-refractivity contribution in [2.45, 2.75) is 31.2 Å². The van der Waals surface area contributed by atoms with Gasteiger partial charge in [0.2, 0.25) is 0 Å². The van der Waals surface area contributed by atoms with Crippen LogP contribution in [0.25, 0.3) is 0 Å². The lowest BCUT2D eigenvalue weighted by molar-refractivity contribution is -0.123. The van der Waals surface area contributed by atoms with Gasteiger partial charge in [0.25, 0.3) is 5.91 Å². The zero-order chi connectivity index (χ0) is 16.0. The van der Waals surface area contributed by atoms with Crippen molar-refractivity contribution in [2.75, 3.05) is 11.4 Å². The zero-order valence-electron chi connectivity index (χ0n) is 12.3. The molecule has 0 aliphatic heterocycles. The molecule has 1 amide bonds. The van der Waals surface area contributed by atoms with E-state index >= 15 is 0 Å². The van der Waals surface area contributed by atoms with Crippen LogP contribution >= 0.6 is 23.2 Å². The predicted octanol–water partition coefficient (Wildman–Crippen LogP) is 2.91. The van der Waals surface area contributed by atoms with Crippen molar-refractivity contribution >= 4 is 34.8 Å². The summed E-state index contributed by atoms with van der Waals surface area (Å²) in [5.41, 5.74) is 0.125. The lowest BCUT2D eigenvalue weighted by Gasteiger charge is -2.27. The summed E-state index contributed by atoms with van der Waals surface area (Å²) in [4.78, 5) is 15.0. The fraction of sp³-hybridized carbons (Fsp3) is 0.467. The Labute approximate surface area is 143 Å². The number of benzene rings is 1. The molecule has 4 rings (SSSR count). The van der Waals surface area contributed by atoms with E-state index in [4.69, 9.17) is 23.2 Å². The first kappa shape index (κ1) is 14.9. The van der Waals surface area contributed by atoms with Crippen LogP contribution in [-0.4, -0.2) is 32.7 Å². The Morgan fingerprint density at radius 3 is 2.65 bits per heavy atom. The molecule has 2 saturated carbocycles. The van der Waals surface area contributed by atoms with Crippen molar-refractivity contribution in [3.05, 3.63) is 34.6 Å². The van der Waals surface area contributed by atoms with E-state index in [1.54, 1.807) is 16.8 Å². The van der Waals surface area contributed by atoms with Gasteiger partial charge in [-0.3, -0.25) is 4.79 Å². The second kappa shape index (κ2) is 5.46. The number of hydrogen-bond donors (Lipinski definition) is 0. The van der Waals surface area contributed by atoms with Crippen LogP contribution in [-0.2, 0) is 10.3 Å². The molecule has 2 fully saturated rings. The number of carbonyl (C=O) groups is 1. The number of tetrazole rings is 1. The van der Waals surface area contributed by atoms with Gasteiger partial charge in [0.1, 0.15) is 11.9 Å². The maximum absolute atomic E-state index is 13.2. The fourth-order valence-electron chi connectivity index (χ4n) is 2.79. The van der Waals surface area contributed by atoms with Gasteiger partial charge in [-0.05, 0) is 60.2 Å². The summed E-state index contributed by atoms with van der Waals surface area (Å²) in [6.45, 7) is 0.695. The molecule has 1 aromatic heterocycles. The maximum Gasteiger partial charge on any atom is 0.255 e. The summed E-state index contributed by atoms with van der Waals surface area (Å²) in [5, 5.41) is 12.2. The third kappa shape index (κ3) is 2.70. The molecule has 0 bridgehead atoms. The summed E-state index contributed by atoms with van der Waals surface area (Å²) in [5.74, 6) is 0.577. The highest BCUT2D eigenvalue weighted by atomic mass is 35.5. The minimum Gasteiger partial charge on any atom is -0.310 e. The molecule has 6 nitrogen and oxygen atoms in total. The Bertz CT molecular complexity index is 740. The molecular weight excluding hydrogens is 337 g/mol. The predicted molar refractivity (Wildman–Crippen MR) is 86.6 cm³/mol. The zero-order valence-corrected chi connectivity index (χ0v) is 13.8. The molecule has 8 heteroatoms. The number of aromatic nitrogens is 4. The third-order valence-electron chi connectivity index (χ3n) is 4.51. The van der Waals surface area contributed by atoms with Crippen molar-refractivity contribution in [1.29, 1.82) is 0 Å². The van der Waals surface area contributed by atoms with Crippen LogP contribution in [0.1, 0.15) is 25.7 Å². The van der Waals surface area contributed by atoms with E-state index in [-0.39, 0.29) is 5.91 Å². The van der Waals surface area contributed by atoms with Gasteiger partial charge in [-0.2, -0.15) is 0 Å². The van der Waals surface area contributed by atoms with Crippen LogP contribution in [0.3, 0.4) is 0 Å². The number of carbonyl (C=O) groups excluding carboxylic acids is 1. The highest BCUT2D eigenvalue weighted by Gasteiger charge is 2.55. The van der Waals surface area contributed by atoms with E-state index in [0.717, 1.165) is 31.4 Å². The number of hydrogen-bond acceptors (Lipinski definition) is 4. The number of amides is 1. The molecule has 0 unspecified atom stereocenters. The highest BCUT2D eigenvalue weighted by Crippen LogP contribution is 2.46. The first-order chi connectivity index (χ1) is 11.1. The standard InChI is InChI=1S/C15H15Cl2N5O/c16-12-4-3-11(7-13(12)17)21(8-10-1-2-10)14(23)15(5-6-15)22-9-18-19-20-22/h3-4,7,9-10H,1-2,5-6,8H2. The molecule has 0 atom stereocenters. The topological polar surface area (TPSA) is 63.9 Å². The fourth-order valence-corrected chi connectivity index (χ4v) is 3.08. The highest BCUT2D eigenvalue weighted by molar-refractivity contribution is 6.42. The molecule has 1 aromatic carbocycles. The van der Waals surface area contributed by atoms with E-state index in [1.807, 2.05) is 11.0 Å². The van der Waals surface area contributed by atoms with Gasteiger partial charge in [-0.15, -0.1) is 5.10 Å². The SMILES string of the molecule is O=C(N(CC1CC1)c1ccc(Cl)c(Cl)c1)C1(n2cnnn2)CC1. The van der Waals surface area contributed by atoms with Crippen molar-refractivity contribution in [3.63, 3.8) is 0 Å². The maximum atomic E-state index is 13.2. The average Bonchev–Trinajstić information content (AvgIpc) is 3.47. The lowest BCUT2D eigenvalue weighted by Crippen LogP contribution is -2.43. The molecule has 0 spiro atoms. The molecule has 1 heterocycles. The van der Waals surface area contributed by atoms with Crippen molar-refractivity contribution in [1.82, 2.24) is 20.2 Å². The Hall–Kier alpha value is -1.66. The Morgan fingerprint density at radius 2 is 2.09 bits per heavy atom. The van der Waals surface area contributed by atoms with E-state index in [0.29, 0.717) is 22.5 Å². The quantitative estimate of drug-likeness (QED) is 0.830. The van der Waals surface area contributed by atoms with Gasteiger partial charge in [0.15, 0.2) is 0 Å². The Balaban J connectivity index is 1.68. The van der Waals surface area contributed by atoms with E-state index < -0.39 is 5.54 Å². The minimum absolute atomic E-state index is 0.0232. The first-order valence-electron chi connectivity index (χ1n) is 7.61. The summed E-state index contributed by atoms with van der Waals surface area (Å²) in [7, 11) is 0. The average molecular weight is 352 g/mol. The number of halogens is 2. The van der Waals surface area contributed by atoms with Gasteiger partial charge < -0.3 is 4.90 Å². The van der Waals surface area contributed by atoms with E-state index in [2.05, 4.69) is 15.5 Å². The van der Waals surface area contributed by atoms with Gasteiger partial charge in [-0.1, -0.05) is 23.2 Å².